The minimum Gasteiger partial charge on any atom is -0.369 e. The molecule has 2 aromatic heterocycles. The van der Waals surface area contributed by atoms with Crippen LogP contribution >= 0.6 is 11.6 Å². The highest BCUT2D eigenvalue weighted by Crippen LogP contribution is 2.46. The summed E-state index contributed by atoms with van der Waals surface area (Å²) in [7, 11) is 2.20. The highest BCUT2D eigenvalue weighted by Gasteiger charge is 2.45. The van der Waals surface area contributed by atoms with Crippen LogP contribution in [-0.4, -0.2) is 63.8 Å². The molecule has 186 valence electrons. The van der Waals surface area contributed by atoms with E-state index in [9.17, 15) is 0 Å². The van der Waals surface area contributed by atoms with Gasteiger partial charge in [-0.3, -0.25) is 0 Å². The Balaban J connectivity index is 1.30. The summed E-state index contributed by atoms with van der Waals surface area (Å²) in [5, 5.41) is 12.2. The molecule has 3 aromatic rings. The normalized spacial score (nSPS) is 19.8. The van der Waals surface area contributed by atoms with Crippen molar-refractivity contribution in [2.75, 3.05) is 48.8 Å². The summed E-state index contributed by atoms with van der Waals surface area (Å²) >= 11 is 6.97. The standard InChI is InChI=1S/C24H33ClN10/c1-33-6-4-24(5-7-33)13-34(14-24)19-9-15(10-26)8-18(20(19)25)30-23-31-21(29-16-2-3-16)22-28-12-17(11-27)35(22)32-23/h8-9,12,16H,2-7,10-11,13-14,26-27H2,1H3,(H2,29,30,31,32). The number of imidazole rings is 1. The SMILES string of the molecule is CN1CCC2(CC1)CN(c1cc(CN)cc(Nc3nc(NC4CC4)c4ncc(CN)n4n3)c1Cl)C2. The van der Waals surface area contributed by atoms with Crippen molar-refractivity contribution in [3.63, 3.8) is 0 Å². The molecule has 0 bridgehead atoms. The van der Waals surface area contributed by atoms with E-state index in [1.54, 1.807) is 10.7 Å². The first-order chi connectivity index (χ1) is 17.0. The maximum absolute atomic E-state index is 6.97. The summed E-state index contributed by atoms with van der Waals surface area (Å²) in [5.74, 6) is 1.13. The maximum atomic E-state index is 6.97. The Labute approximate surface area is 210 Å². The fourth-order valence-electron chi connectivity index (χ4n) is 5.21. The average molecular weight is 497 g/mol. The van der Waals surface area contributed by atoms with Gasteiger partial charge in [-0.1, -0.05) is 11.6 Å². The van der Waals surface area contributed by atoms with E-state index in [4.69, 9.17) is 28.1 Å². The van der Waals surface area contributed by atoms with Gasteiger partial charge in [0.25, 0.3) is 0 Å². The van der Waals surface area contributed by atoms with Crippen LogP contribution in [0.4, 0.5) is 23.1 Å². The zero-order valence-corrected chi connectivity index (χ0v) is 20.9. The topological polar surface area (TPSA) is 126 Å². The third-order valence-corrected chi connectivity index (χ3v) is 7.99. The quantitative estimate of drug-likeness (QED) is 0.390. The van der Waals surface area contributed by atoms with E-state index < -0.39 is 0 Å². The smallest absolute Gasteiger partial charge is 0.247 e. The average Bonchev–Trinajstić information content (AvgIpc) is 3.56. The number of rotatable bonds is 7. The summed E-state index contributed by atoms with van der Waals surface area (Å²) < 4.78 is 1.75. The highest BCUT2D eigenvalue weighted by molar-refractivity contribution is 6.36. The molecule has 2 saturated heterocycles. The van der Waals surface area contributed by atoms with Crippen molar-refractivity contribution in [3.05, 3.63) is 34.6 Å². The molecular formula is C24H33ClN10. The number of nitrogens with one attached hydrogen (secondary N) is 2. The Morgan fingerprint density at radius 3 is 2.60 bits per heavy atom. The molecule has 35 heavy (non-hydrogen) atoms. The van der Waals surface area contributed by atoms with Crippen molar-refractivity contribution in [2.45, 2.75) is 44.8 Å². The van der Waals surface area contributed by atoms with Gasteiger partial charge in [0.2, 0.25) is 5.95 Å². The second-order valence-corrected chi connectivity index (χ2v) is 10.7. The van der Waals surface area contributed by atoms with E-state index in [0.29, 0.717) is 47.0 Å². The number of aromatic nitrogens is 4. The molecule has 0 radical (unpaired) electrons. The van der Waals surface area contributed by atoms with Crippen molar-refractivity contribution >= 4 is 40.4 Å². The number of piperidine rings is 1. The zero-order valence-electron chi connectivity index (χ0n) is 20.1. The minimum atomic E-state index is 0.334. The maximum Gasteiger partial charge on any atom is 0.247 e. The van der Waals surface area contributed by atoms with Gasteiger partial charge in [-0.15, -0.1) is 5.10 Å². The van der Waals surface area contributed by atoms with Gasteiger partial charge in [0, 0.05) is 37.6 Å². The lowest BCUT2D eigenvalue weighted by atomic mass is 9.72. The number of halogens is 1. The fourth-order valence-corrected chi connectivity index (χ4v) is 5.48. The van der Waals surface area contributed by atoms with Crippen molar-refractivity contribution in [2.24, 2.45) is 16.9 Å². The number of nitrogens with two attached hydrogens (primary N) is 2. The van der Waals surface area contributed by atoms with Crippen molar-refractivity contribution in [3.8, 4) is 0 Å². The fraction of sp³-hybridized carbons (Fsp3) is 0.542. The summed E-state index contributed by atoms with van der Waals surface area (Å²) in [4.78, 5) is 14.0. The monoisotopic (exact) mass is 496 g/mol. The molecule has 0 unspecified atom stereocenters. The van der Waals surface area contributed by atoms with Crippen LogP contribution in [-0.2, 0) is 13.1 Å². The van der Waals surface area contributed by atoms with E-state index in [1.807, 2.05) is 6.07 Å². The van der Waals surface area contributed by atoms with Crippen LogP contribution in [0.1, 0.15) is 36.9 Å². The summed E-state index contributed by atoms with van der Waals surface area (Å²) in [5.41, 5.74) is 16.7. The van der Waals surface area contributed by atoms with Crippen molar-refractivity contribution in [1.29, 1.82) is 0 Å². The van der Waals surface area contributed by atoms with Crippen LogP contribution in [0, 0.1) is 5.41 Å². The van der Waals surface area contributed by atoms with Crippen LogP contribution in [0.5, 0.6) is 0 Å². The molecule has 1 aromatic carbocycles. The predicted molar refractivity (Wildman–Crippen MR) is 139 cm³/mol. The van der Waals surface area contributed by atoms with Gasteiger partial charge in [-0.05, 0) is 63.5 Å². The van der Waals surface area contributed by atoms with E-state index >= 15 is 0 Å². The van der Waals surface area contributed by atoms with Crippen LogP contribution in [0.15, 0.2) is 18.3 Å². The zero-order chi connectivity index (χ0) is 24.2. The Kier molecular flexibility index (Phi) is 5.71. The summed E-state index contributed by atoms with van der Waals surface area (Å²) in [6.07, 6.45) is 6.47. The van der Waals surface area contributed by atoms with Gasteiger partial charge in [0.05, 0.1) is 28.3 Å². The van der Waals surface area contributed by atoms with E-state index in [0.717, 1.165) is 61.7 Å². The third-order valence-electron chi connectivity index (χ3n) is 7.60. The molecule has 0 atom stereocenters. The number of hydrogen-bond acceptors (Lipinski definition) is 9. The lowest BCUT2D eigenvalue weighted by molar-refractivity contribution is 0.0906. The molecule has 1 aliphatic carbocycles. The molecule has 1 saturated carbocycles. The second kappa shape index (κ2) is 8.77. The molecule has 3 fully saturated rings. The number of nitrogens with zero attached hydrogens (tertiary/aromatic N) is 6. The van der Waals surface area contributed by atoms with Crippen molar-refractivity contribution in [1.82, 2.24) is 24.5 Å². The van der Waals surface area contributed by atoms with Crippen LogP contribution in [0.2, 0.25) is 5.02 Å². The first kappa shape index (κ1) is 22.8. The molecule has 2 aliphatic heterocycles. The van der Waals surface area contributed by atoms with Gasteiger partial charge in [-0.2, -0.15) is 4.98 Å². The summed E-state index contributed by atoms with van der Waals surface area (Å²) in [6.45, 7) is 5.14. The predicted octanol–water partition coefficient (Wildman–Crippen LogP) is 2.54. The van der Waals surface area contributed by atoms with Crippen molar-refractivity contribution < 1.29 is 0 Å². The first-order valence-electron chi connectivity index (χ1n) is 12.4. The van der Waals surface area contributed by atoms with Crippen LogP contribution in [0.3, 0.4) is 0 Å². The van der Waals surface area contributed by atoms with Gasteiger partial charge in [0.1, 0.15) is 0 Å². The molecule has 1 spiro atoms. The molecule has 3 aliphatic rings. The number of benzene rings is 1. The Morgan fingerprint density at radius 1 is 1.14 bits per heavy atom. The first-order valence-corrected chi connectivity index (χ1v) is 12.8. The molecular weight excluding hydrogens is 464 g/mol. The number of fused-ring (bicyclic) bond motifs is 1. The molecule has 0 amide bonds. The third kappa shape index (κ3) is 4.29. The molecule has 4 heterocycles. The molecule has 6 N–H and O–H groups in total. The molecule has 10 nitrogen and oxygen atoms in total. The second-order valence-electron chi connectivity index (χ2n) is 10.4. The molecule has 11 heteroatoms. The largest absolute Gasteiger partial charge is 0.369 e. The van der Waals surface area contributed by atoms with Gasteiger partial charge in [0.15, 0.2) is 11.5 Å². The Hall–Kier alpha value is -2.66. The van der Waals surface area contributed by atoms with E-state index in [-0.39, 0.29) is 0 Å². The Bertz CT molecular complexity index is 1240. The van der Waals surface area contributed by atoms with Crippen LogP contribution in [0.25, 0.3) is 5.65 Å². The lowest BCUT2D eigenvalue weighted by Gasteiger charge is -2.55. The van der Waals surface area contributed by atoms with Gasteiger partial charge in [-0.25, -0.2) is 9.50 Å². The van der Waals surface area contributed by atoms with E-state index in [2.05, 4.69) is 43.6 Å². The van der Waals surface area contributed by atoms with Gasteiger partial charge >= 0.3 is 0 Å². The number of hydrogen-bond donors (Lipinski definition) is 4. The Morgan fingerprint density at radius 2 is 1.91 bits per heavy atom. The summed E-state index contributed by atoms with van der Waals surface area (Å²) in [6, 6.07) is 4.52. The minimum absolute atomic E-state index is 0.334. The number of likely N-dealkylation sites (tertiary alicyclic amines) is 1. The van der Waals surface area contributed by atoms with Crippen LogP contribution < -0.4 is 27.0 Å². The van der Waals surface area contributed by atoms with E-state index in [1.165, 1.54) is 12.8 Å². The molecule has 6 rings (SSSR count). The van der Waals surface area contributed by atoms with Gasteiger partial charge < -0.3 is 31.9 Å². The highest BCUT2D eigenvalue weighted by atomic mass is 35.5. The lowest BCUT2D eigenvalue weighted by Crippen LogP contribution is -2.60. The number of anilines is 4.